The summed E-state index contributed by atoms with van der Waals surface area (Å²) in [4.78, 5) is 47.0. The fraction of sp³-hybridized carbons (Fsp3) is 0.375. The van der Waals surface area contributed by atoms with Gasteiger partial charge in [-0.1, -0.05) is 24.3 Å². The molecule has 0 bridgehead atoms. The zero-order chi connectivity index (χ0) is 51.8. The highest BCUT2D eigenvalue weighted by Crippen LogP contribution is 2.45. The van der Waals surface area contributed by atoms with E-state index in [0.29, 0.717) is 62.8 Å². The summed E-state index contributed by atoms with van der Waals surface area (Å²) in [5.74, 6) is -4.03. The number of ether oxygens (including phenoxy) is 2. The number of amides is 2. The maximum Gasteiger partial charge on any atom is 0.286 e. The number of carbonyl (C=O) groups is 2. The Hall–Kier alpha value is -7.26. The fourth-order valence-electron chi connectivity index (χ4n) is 10.1. The molecule has 10 rings (SSSR count). The average Bonchev–Trinajstić information content (AvgIpc) is 3.63. The van der Waals surface area contributed by atoms with E-state index < -0.39 is 34.7 Å². The molecule has 0 aliphatic carbocycles. The minimum atomic E-state index is -3.15. The number of nitrogens with one attached hydrogen (secondary N) is 2. The van der Waals surface area contributed by atoms with E-state index >= 15 is 0 Å². The molecule has 8 heterocycles. The van der Waals surface area contributed by atoms with Gasteiger partial charge in [0.1, 0.15) is 11.4 Å². The number of pyridine rings is 4. The van der Waals surface area contributed by atoms with Crippen LogP contribution in [0.25, 0.3) is 22.3 Å². The van der Waals surface area contributed by atoms with Gasteiger partial charge in [-0.25, -0.2) is 4.39 Å². The Balaban J connectivity index is 0.000000180. The van der Waals surface area contributed by atoms with Crippen molar-refractivity contribution in [1.82, 2.24) is 19.9 Å². The zero-order valence-corrected chi connectivity index (χ0v) is 41.7. The predicted octanol–water partition coefficient (Wildman–Crippen LogP) is 10.0. The van der Waals surface area contributed by atoms with Gasteiger partial charge in [0.05, 0.1) is 72.9 Å². The highest BCUT2D eigenvalue weighted by molar-refractivity contribution is 6.05. The van der Waals surface area contributed by atoms with Crippen LogP contribution in [-0.4, -0.2) is 88.5 Å². The van der Waals surface area contributed by atoms with E-state index in [1.807, 2.05) is 51.1 Å². The molecule has 0 saturated carbocycles. The van der Waals surface area contributed by atoms with Gasteiger partial charge in [0.2, 0.25) is 0 Å². The molecule has 3 N–H and O–H groups in total. The number of aryl methyl sites for hydroxylation is 2. The molecular formula is C56H58F3N9O5. The lowest BCUT2D eigenvalue weighted by Gasteiger charge is -2.49. The number of morpholine rings is 1. The summed E-state index contributed by atoms with van der Waals surface area (Å²) in [6.45, 7) is 13.3. The number of hydrogen-bond acceptors (Lipinski definition) is 12. The molecule has 0 radical (unpaired) electrons. The van der Waals surface area contributed by atoms with E-state index in [1.54, 1.807) is 18.5 Å². The molecule has 0 spiro atoms. The first-order valence-electron chi connectivity index (χ1n) is 24.4. The van der Waals surface area contributed by atoms with Crippen molar-refractivity contribution in [3.8, 4) is 28.3 Å². The standard InChI is InChI=1S/C28H27F2N5O2.C28H31FN4O3/c1-17-22(12-21(14-33-17)34-26(36)19-6-7-32-24(11-19)28(3,29)30)18-4-5-20-13-27(2,16-31)25-15-37-9-8-35(25)23(20)10-18;1-17-23(14-20(16-31-17)32-27(35)19-6-8-30-26(13-19)28(2,3)29)18-4-5-22-24(12-18)33-9-11-36-10-7-21(33)15-25(22)34/h4-7,10-12,14,25H,8-9,13,15H2,1-3H3,(H,34,36);4-6,8,12-14,16,21,25,34H,7,9-11,15H2,1-3H3,(H,32,35). The lowest BCUT2D eigenvalue weighted by Crippen LogP contribution is -2.57. The Morgan fingerprint density at radius 3 is 1.95 bits per heavy atom. The number of hydrogen-bond donors (Lipinski definition) is 3. The molecule has 73 heavy (non-hydrogen) atoms. The highest BCUT2D eigenvalue weighted by Gasteiger charge is 2.45. The summed E-state index contributed by atoms with van der Waals surface area (Å²) < 4.78 is 53.0. The summed E-state index contributed by atoms with van der Waals surface area (Å²) in [7, 11) is 0. The van der Waals surface area contributed by atoms with Crippen molar-refractivity contribution in [1.29, 1.82) is 5.26 Å². The van der Waals surface area contributed by atoms with Crippen molar-refractivity contribution < 1.29 is 37.3 Å². The summed E-state index contributed by atoms with van der Waals surface area (Å²) in [6.07, 6.45) is 7.52. The third-order valence-corrected chi connectivity index (χ3v) is 14.2. The van der Waals surface area contributed by atoms with Crippen LogP contribution in [-0.2, 0) is 27.5 Å². The molecule has 378 valence electrons. The number of aliphatic hydroxyl groups is 1. The van der Waals surface area contributed by atoms with Crippen LogP contribution < -0.4 is 20.4 Å². The Morgan fingerprint density at radius 1 is 0.753 bits per heavy atom. The van der Waals surface area contributed by atoms with Crippen LogP contribution >= 0.6 is 0 Å². The quantitative estimate of drug-likeness (QED) is 0.132. The lowest BCUT2D eigenvalue weighted by atomic mass is 9.73. The van der Waals surface area contributed by atoms with Gasteiger partial charge in [-0.15, -0.1) is 0 Å². The molecular weight excluding hydrogens is 936 g/mol. The molecule has 2 fully saturated rings. The highest BCUT2D eigenvalue weighted by atomic mass is 19.3. The number of nitriles is 1. The van der Waals surface area contributed by atoms with E-state index in [1.165, 1.54) is 38.4 Å². The van der Waals surface area contributed by atoms with Crippen molar-refractivity contribution in [2.24, 2.45) is 5.41 Å². The maximum absolute atomic E-state index is 14.3. The largest absolute Gasteiger partial charge is 0.388 e. The minimum Gasteiger partial charge on any atom is -0.388 e. The second-order valence-electron chi connectivity index (χ2n) is 19.9. The molecule has 4 aliphatic heterocycles. The molecule has 2 aromatic carbocycles. The van der Waals surface area contributed by atoms with E-state index in [-0.39, 0.29) is 29.2 Å². The summed E-state index contributed by atoms with van der Waals surface area (Å²) >= 11 is 0. The number of aliphatic hydroxyl groups excluding tert-OH is 1. The molecule has 2 saturated heterocycles. The Kier molecular flexibility index (Phi) is 14.1. The average molecular weight is 994 g/mol. The number of aromatic nitrogens is 4. The van der Waals surface area contributed by atoms with Gasteiger partial charge >= 0.3 is 0 Å². The zero-order valence-electron chi connectivity index (χ0n) is 41.7. The summed E-state index contributed by atoms with van der Waals surface area (Å²) in [5.41, 5.74) is 8.32. The van der Waals surface area contributed by atoms with E-state index in [9.17, 15) is 33.1 Å². The van der Waals surface area contributed by atoms with Crippen LogP contribution in [0.15, 0.2) is 97.6 Å². The first-order valence-corrected chi connectivity index (χ1v) is 24.4. The Morgan fingerprint density at radius 2 is 1.33 bits per heavy atom. The molecule has 14 nitrogen and oxygen atoms in total. The Bertz CT molecular complexity index is 3120. The molecule has 2 amide bonds. The maximum atomic E-state index is 14.3. The number of carbonyl (C=O) groups excluding carboxylic acids is 2. The lowest BCUT2D eigenvalue weighted by molar-refractivity contribution is 0.0127. The number of nitrogens with zero attached hydrogens (tertiary/aromatic N) is 7. The van der Waals surface area contributed by atoms with E-state index in [4.69, 9.17) is 9.47 Å². The van der Waals surface area contributed by atoms with Crippen LogP contribution in [0.2, 0.25) is 0 Å². The van der Waals surface area contributed by atoms with Crippen LogP contribution in [0.4, 0.5) is 35.9 Å². The second-order valence-corrected chi connectivity index (χ2v) is 19.9. The van der Waals surface area contributed by atoms with Crippen LogP contribution in [0.1, 0.15) is 101 Å². The number of rotatable bonds is 8. The van der Waals surface area contributed by atoms with Gasteiger partial charge in [0.25, 0.3) is 17.7 Å². The smallest absolute Gasteiger partial charge is 0.286 e. The summed E-state index contributed by atoms with van der Waals surface area (Å²) in [5, 5.41) is 26.3. The Labute approximate surface area is 422 Å². The molecule has 17 heteroatoms. The van der Waals surface area contributed by atoms with Gasteiger partial charge < -0.3 is 35.0 Å². The fourth-order valence-corrected chi connectivity index (χ4v) is 10.1. The van der Waals surface area contributed by atoms with Crippen molar-refractivity contribution in [3.05, 3.63) is 143 Å². The molecule has 4 atom stereocenters. The van der Waals surface area contributed by atoms with Crippen LogP contribution in [0.3, 0.4) is 0 Å². The monoisotopic (exact) mass is 993 g/mol. The van der Waals surface area contributed by atoms with Gasteiger partial charge in [-0.05, 0) is 119 Å². The number of alkyl halides is 3. The molecule has 6 aromatic rings. The third kappa shape index (κ3) is 10.8. The number of anilines is 4. The predicted molar refractivity (Wildman–Crippen MR) is 272 cm³/mol. The van der Waals surface area contributed by atoms with E-state index in [2.05, 4.69) is 64.6 Å². The SMILES string of the molecule is Cc1ncc(NC(=O)c2ccnc(C(C)(C)F)c2)cc1-c1ccc2c(c1)N1CCOCCC1CC2O.Cc1ncc(NC(=O)c2ccnc(C(C)(F)F)c2)cc1-c1ccc2c(c1)N1CCOCC1C(C)(C#N)C2. The molecule has 4 unspecified atom stereocenters. The van der Waals surface area contributed by atoms with Crippen molar-refractivity contribution in [3.63, 3.8) is 0 Å². The first kappa shape index (κ1) is 50.7. The molecule has 4 aliphatic rings. The van der Waals surface area contributed by atoms with Crippen LogP contribution in [0.5, 0.6) is 0 Å². The van der Waals surface area contributed by atoms with E-state index in [0.717, 1.165) is 82.1 Å². The number of fused-ring (bicyclic) bond motifs is 6. The topological polar surface area (TPSA) is 179 Å². The van der Waals surface area contributed by atoms with Crippen molar-refractivity contribution in [2.45, 2.75) is 90.6 Å². The van der Waals surface area contributed by atoms with Gasteiger partial charge in [0, 0.05) is 95.6 Å². The van der Waals surface area contributed by atoms with Crippen molar-refractivity contribution in [2.75, 3.05) is 60.0 Å². The number of halogens is 3. The second kappa shape index (κ2) is 20.3. The summed E-state index contributed by atoms with van der Waals surface area (Å²) in [6, 6.07) is 24.2. The van der Waals surface area contributed by atoms with Gasteiger partial charge in [0.15, 0.2) is 0 Å². The number of benzene rings is 2. The van der Waals surface area contributed by atoms with Crippen LogP contribution in [0, 0.1) is 30.6 Å². The first-order chi connectivity index (χ1) is 34.8. The van der Waals surface area contributed by atoms with Crippen molar-refractivity contribution >= 4 is 34.6 Å². The third-order valence-electron chi connectivity index (χ3n) is 14.2. The molecule has 4 aromatic heterocycles. The normalized spacial score (nSPS) is 20.4. The minimum absolute atomic E-state index is 0.0282. The van der Waals surface area contributed by atoms with Gasteiger partial charge in [-0.2, -0.15) is 14.0 Å². The van der Waals surface area contributed by atoms with Gasteiger partial charge in [-0.3, -0.25) is 29.5 Å².